The van der Waals surface area contributed by atoms with E-state index in [0.29, 0.717) is 5.82 Å². The lowest BCUT2D eigenvalue weighted by atomic mass is 10.1. The monoisotopic (exact) mass is 248 g/mol. The largest absolute Gasteiger partial charge is 0.380 e. The number of nitrogens with zero attached hydrogens (tertiary/aromatic N) is 2. The second kappa shape index (κ2) is 5.89. The van der Waals surface area contributed by atoms with Gasteiger partial charge in [-0.25, -0.2) is 4.98 Å². The Morgan fingerprint density at radius 1 is 1.35 bits per heavy atom. The van der Waals surface area contributed by atoms with Crippen LogP contribution in [0.2, 0.25) is 0 Å². The molecule has 0 aliphatic carbocycles. The van der Waals surface area contributed by atoms with Crippen molar-refractivity contribution in [2.75, 3.05) is 12.0 Å². The van der Waals surface area contributed by atoms with Gasteiger partial charge >= 0.3 is 0 Å². The van der Waals surface area contributed by atoms with Crippen LogP contribution in [-0.2, 0) is 6.54 Å². The number of benzene rings is 1. The third-order valence-corrected chi connectivity index (χ3v) is 3.23. The molecule has 0 spiro atoms. The molecule has 4 heteroatoms. The van der Waals surface area contributed by atoms with Crippen molar-refractivity contribution in [3.05, 3.63) is 54.1 Å². The topological polar surface area (TPSA) is 38.0 Å². The summed E-state index contributed by atoms with van der Waals surface area (Å²) >= 11 is 1.79. The summed E-state index contributed by atoms with van der Waals surface area (Å²) in [7, 11) is 0. The van der Waals surface area contributed by atoms with Crippen molar-refractivity contribution in [3.63, 3.8) is 0 Å². The molecular formula is C13H16N2OS. The predicted molar refractivity (Wildman–Crippen MR) is 71.1 cm³/mol. The number of aliphatic hydroxyl groups excluding tert-OH is 1. The van der Waals surface area contributed by atoms with Gasteiger partial charge in [-0.05, 0) is 11.8 Å². The molecule has 0 bridgehead atoms. The van der Waals surface area contributed by atoms with Crippen LogP contribution in [0.4, 0.5) is 0 Å². The highest BCUT2D eigenvalue weighted by molar-refractivity contribution is 7.98. The summed E-state index contributed by atoms with van der Waals surface area (Å²) in [6, 6.07) is 9.62. The van der Waals surface area contributed by atoms with E-state index in [1.165, 1.54) is 0 Å². The molecule has 1 heterocycles. The summed E-state index contributed by atoms with van der Waals surface area (Å²) in [6.45, 7) is 0.875. The first kappa shape index (κ1) is 12.2. The van der Waals surface area contributed by atoms with E-state index in [4.69, 9.17) is 0 Å². The highest BCUT2D eigenvalue weighted by Gasteiger charge is 2.15. The van der Waals surface area contributed by atoms with Gasteiger partial charge in [-0.15, -0.1) is 0 Å². The van der Waals surface area contributed by atoms with Crippen molar-refractivity contribution < 1.29 is 5.11 Å². The molecule has 0 aliphatic heterocycles. The SMILES string of the molecule is CSCCn1ccnc1C(O)c1ccccc1. The van der Waals surface area contributed by atoms with Gasteiger partial charge in [0.2, 0.25) is 0 Å². The van der Waals surface area contributed by atoms with Crippen LogP contribution in [0.15, 0.2) is 42.7 Å². The molecule has 2 aromatic rings. The van der Waals surface area contributed by atoms with E-state index in [1.807, 2.05) is 41.1 Å². The highest BCUT2D eigenvalue weighted by atomic mass is 32.2. The fourth-order valence-corrected chi connectivity index (χ4v) is 2.11. The number of thioether (sulfide) groups is 1. The smallest absolute Gasteiger partial charge is 0.142 e. The predicted octanol–water partition coefficient (Wildman–Crippen LogP) is 2.33. The van der Waals surface area contributed by atoms with Gasteiger partial charge in [0.15, 0.2) is 0 Å². The number of aliphatic hydroxyl groups is 1. The molecule has 3 nitrogen and oxygen atoms in total. The molecule has 90 valence electrons. The molecular weight excluding hydrogens is 232 g/mol. The molecule has 0 fully saturated rings. The maximum Gasteiger partial charge on any atom is 0.142 e. The number of hydrogen-bond donors (Lipinski definition) is 1. The summed E-state index contributed by atoms with van der Waals surface area (Å²) in [4.78, 5) is 4.25. The summed E-state index contributed by atoms with van der Waals surface area (Å²) in [6.07, 6.45) is 5.08. The van der Waals surface area contributed by atoms with E-state index in [0.717, 1.165) is 17.9 Å². The molecule has 0 amide bonds. The van der Waals surface area contributed by atoms with Crippen LogP contribution >= 0.6 is 11.8 Å². The van der Waals surface area contributed by atoms with Gasteiger partial charge in [-0.1, -0.05) is 30.3 Å². The van der Waals surface area contributed by atoms with E-state index < -0.39 is 6.10 Å². The molecule has 0 radical (unpaired) electrons. The normalized spacial score (nSPS) is 12.6. The van der Waals surface area contributed by atoms with Crippen LogP contribution < -0.4 is 0 Å². The van der Waals surface area contributed by atoms with Gasteiger partial charge in [0.25, 0.3) is 0 Å². The summed E-state index contributed by atoms with van der Waals surface area (Å²) in [5.74, 6) is 1.73. The average Bonchev–Trinajstić information content (AvgIpc) is 2.84. The zero-order chi connectivity index (χ0) is 12.1. The fourth-order valence-electron chi connectivity index (χ4n) is 1.73. The molecule has 1 N–H and O–H groups in total. The Bertz CT molecular complexity index is 455. The first-order valence-electron chi connectivity index (χ1n) is 5.56. The minimum Gasteiger partial charge on any atom is -0.380 e. The van der Waals surface area contributed by atoms with Crippen molar-refractivity contribution in [2.45, 2.75) is 12.6 Å². The molecule has 1 aromatic heterocycles. The van der Waals surface area contributed by atoms with Crippen LogP contribution in [-0.4, -0.2) is 26.7 Å². The standard InChI is InChI=1S/C13H16N2OS/c1-17-10-9-15-8-7-14-13(15)12(16)11-5-3-2-4-6-11/h2-8,12,16H,9-10H2,1H3. The van der Waals surface area contributed by atoms with Gasteiger partial charge in [0.1, 0.15) is 11.9 Å². The molecule has 0 saturated heterocycles. The van der Waals surface area contributed by atoms with E-state index in [-0.39, 0.29) is 0 Å². The van der Waals surface area contributed by atoms with Crippen molar-refractivity contribution in [3.8, 4) is 0 Å². The zero-order valence-electron chi connectivity index (χ0n) is 9.78. The van der Waals surface area contributed by atoms with Crippen LogP contribution in [0.1, 0.15) is 17.5 Å². The molecule has 17 heavy (non-hydrogen) atoms. The summed E-state index contributed by atoms with van der Waals surface area (Å²) in [5, 5.41) is 10.3. The summed E-state index contributed by atoms with van der Waals surface area (Å²) in [5.41, 5.74) is 0.879. The Hall–Kier alpha value is -1.26. The lowest BCUT2D eigenvalue weighted by Gasteiger charge is -2.13. The minimum atomic E-state index is -0.645. The van der Waals surface area contributed by atoms with Crippen LogP contribution in [0.3, 0.4) is 0 Å². The molecule has 1 unspecified atom stereocenters. The Morgan fingerprint density at radius 2 is 2.12 bits per heavy atom. The first-order chi connectivity index (χ1) is 8.33. The Balaban J connectivity index is 2.19. The van der Waals surface area contributed by atoms with Gasteiger partial charge in [-0.3, -0.25) is 0 Å². The first-order valence-corrected chi connectivity index (χ1v) is 6.95. The number of hydrogen-bond acceptors (Lipinski definition) is 3. The van der Waals surface area contributed by atoms with Crippen LogP contribution in [0.5, 0.6) is 0 Å². The third-order valence-electron chi connectivity index (χ3n) is 2.64. The number of imidazole rings is 1. The third kappa shape index (κ3) is 2.90. The van der Waals surface area contributed by atoms with Gasteiger partial charge < -0.3 is 9.67 Å². The maximum atomic E-state index is 10.3. The van der Waals surface area contributed by atoms with Crippen LogP contribution in [0, 0.1) is 0 Å². The van der Waals surface area contributed by atoms with Gasteiger partial charge in [-0.2, -0.15) is 11.8 Å². The molecule has 0 aliphatic rings. The maximum absolute atomic E-state index is 10.3. The molecule has 2 rings (SSSR count). The zero-order valence-corrected chi connectivity index (χ0v) is 10.6. The number of rotatable bonds is 5. The molecule has 0 saturated carbocycles. The van der Waals surface area contributed by atoms with Gasteiger partial charge in [0.05, 0.1) is 0 Å². The number of aryl methyl sites for hydroxylation is 1. The van der Waals surface area contributed by atoms with Crippen molar-refractivity contribution in [2.24, 2.45) is 0 Å². The lowest BCUT2D eigenvalue weighted by Crippen LogP contribution is -2.10. The van der Waals surface area contributed by atoms with E-state index >= 15 is 0 Å². The average molecular weight is 248 g/mol. The quantitative estimate of drug-likeness (QED) is 0.882. The fraction of sp³-hybridized carbons (Fsp3) is 0.308. The number of aromatic nitrogens is 2. The second-order valence-electron chi connectivity index (χ2n) is 3.78. The summed E-state index contributed by atoms with van der Waals surface area (Å²) < 4.78 is 2.01. The van der Waals surface area contributed by atoms with Crippen molar-refractivity contribution in [1.29, 1.82) is 0 Å². The van der Waals surface area contributed by atoms with E-state index in [9.17, 15) is 5.11 Å². The Kier molecular flexibility index (Phi) is 4.23. The van der Waals surface area contributed by atoms with Gasteiger partial charge in [0, 0.05) is 24.7 Å². The van der Waals surface area contributed by atoms with E-state index in [2.05, 4.69) is 11.2 Å². The molecule has 1 atom stereocenters. The van der Waals surface area contributed by atoms with Crippen molar-refractivity contribution >= 4 is 11.8 Å². The molecule has 1 aromatic carbocycles. The Morgan fingerprint density at radius 3 is 2.82 bits per heavy atom. The lowest BCUT2D eigenvalue weighted by molar-refractivity contribution is 0.205. The minimum absolute atomic E-state index is 0.645. The van der Waals surface area contributed by atoms with Crippen LogP contribution in [0.25, 0.3) is 0 Å². The second-order valence-corrected chi connectivity index (χ2v) is 4.77. The van der Waals surface area contributed by atoms with E-state index in [1.54, 1.807) is 18.0 Å². The van der Waals surface area contributed by atoms with Crippen molar-refractivity contribution in [1.82, 2.24) is 9.55 Å². The Labute approximate surface area is 106 Å². The highest BCUT2D eigenvalue weighted by Crippen LogP contribution is 2.20.